The van der Waals surface area contributed by atoms with Gasteiger partial charge in [-0.1, -0.05) is 13.3 Å². The predicted molar refractivity (Wildman–Crippen MR) is 147 cm³/mol. The van der Waals surface area contributed by atoms with E-state index >= 15 is 0 Å². The fourth-order valence-corrected chi connectivity index (χ4v) is 4.66. The van der Waals surface area contributed by atoms with Crippen molar-refractivity contribution in [1.82, 2.24) is 9.78 Å². The highest BCUT2D eigenvalue weighted by atomic mass is 32.1. The van der Waals surface area contributed by atoms with Crippen molar-refractivity contribution in [3.63, 3.8) is 0 Å². The number of anilines is 1. The molecule has 0 unspecified atom stereocenters. The molecule has 0 aliphatic rings. The van der Waals surface area contributed by atoms with Crippen molar-refractivity contribution in [2.75, 3.05) is 25.1 Å². The Bertz CT molecular complexity index is 1480. The average Bonchev–Trinajstić information content (AvgIpc) is 3.34. The topological polar surface area (TPSA) is 109 Å². The number of hydrogen-bond donors (Lipinski definition) is 1. The Morgan fingerprint density at radius 2 is 1.63 bits per heavy atom. The summed E-state index contributed by atoms with van der Waals surface area (Å²) in [5.74, 6) is 0.267. The summed E-state index contributed by atoms with van der Waals surface area (Å²) in [6, 6.07) is 13.6. The molecule has 0 atom stereocenters. The molecular formula is C28H29N3O6S. The molecular weight excluding hydrogens is 506 g/mol. The number of fused-ring (bicyclic) bond motifs is 1. The summed E-state index contributed by atoms with van der Waals surface area (Å²) in [6.45, 7) is 6.92. The summed E-state index contributed by atoms with van der Waals surface area (Å²) in [7, 11) is 0. The molecule has 0 bridgehead atoms. The van der Waals surface area contributed by atoms with E-state index < -0.39 is 17.4 Å². The first-order chi connectivity index (χ1) is 18.5. The van der Waals surface area contributed by atoms with E-state index in [2.05, 4.69) is 17.3 Å². The van der Waals surface area contributed by atoms with Crippen LogP contribution >= 0.6 is 11.3 Å². The second-order valence-corrected chi connectivity index (χ2v) is 9.13. The van der Waals surface area contributed by atoms with Gasteiger partial charge in [0.2, 0.25) is 0 Å². The minimum atomic E-state index is -0.661. The number of nitrogens with one attached hydrogen (secondary N) is 1. The van der Waals surface area contributed by atoms with E-state index in [1.54, 1.807) is 60.8 Å². The molecule has 198 valence electrons. The zero-order valence-electron chi connectivity index (χ0n) is 21.5. The maximum Gasteiger partial charge on any atom is 0.359 e. The normalized spacial score (nSPS) is 10.8. The average molecular weight is 536 g/mol. The summed E-state index contributed by atoms with van der Waals surface area (Å²) >= 11 is 1.14. The third-order valence-electron chi connectivity index (χ3n) is 5.62. The van der Waals surface area contributed by atoms with Crippen LogP contribution in [-0.2, 0) is 4.74 Å². The van der Waals surface area contributed by atoms with Crippen LogP contribution in [0.25, 0.3) is 16.5 Å². The number of benzene rings is 2. The molecule has 38 heavy (non-hydrogen) atoms. The zero-order chi connectivity index (χ0) is 27.1. The first kappa shape index (κ1) is 26.9. The molecule has 1 N–H and O–H groups in total. The van der Waals surface area contributed by atoms with Crippen molar-refractivity contribution in [2.24, 2.45) is 0 Å². The molecule has 0 saturated heterocycles. The SMILES string of the molecule is CCCCOc1ccc(C(=O)Nc2scc3c(C(=O)OCC)nn(-c4ccc(OCC)cc4)c(=O)c23)cc1. The number of unbranched alkanes of at least 4 members (excludes halogenated alkanes) is 1. The maximum absolute atomic E-state index is 13.6. The van der Waals surface area contributed by atoms with Crippen molar-refractivity contribution < 1.29 is 23.8 Å². The summed E-state index contributed by atoms with van der Waals surface area (Å²) in [4.78, 5) is 39.4. The van der Waals surface area contributed by atoms with Gasteiger partial charge < -0.3 is 19.5 Å². The van der Waals surface area contributed by atoms with Gasteiger partial charge in [-0.25, -0.2) is 4.79 Å². The highest BCUT2D eigenvalue weighted by Gasteiger charge is 2.23. The monoisotopic (exact) mass is 535 g/mol. The smallest absolute Gasteiger partial charge is 0.359 e. The number of nitrogens with zero attached hydrogens (tertiary/aromatic N) is 2. The summed E-state index contributed by atoms with van der Waals surface area (Å²) in [5.41, 5.74) is 0.350. The van der Waals surface area contributed by atoms with Gasteiger partial charge in [-0.15, -0.1) is 11.3 Å². The molecule has 0 radical (unpaired) electrons. The minimum Gasteiger partial charge on any atom is -0.494 e. The van der Waals surface area contributed by atoms with Gasteiger partial charge in [0.1, 0.15) is 16.5 Å². The predicted octanol–water partition coefficient (Wildman–Crippen LogP) is 5.45. The number of aromatic nitrogens is 2. The van der Waals surface area contributed by atoms with Crippen LogP contribution in [0.2, 0.25) is 0 Å². The molecule has 0 fully saturated rings. The van der Waals surface area contributed by atoms with Gasteiger partial charge in [0, 0.05) is 16.3 Å². The van der Waals surface area contributed by atoms with E-state index in [0.717, 1.165) is 28.9 Å². The lowest BCUT2D eigenvalue weighted by atomic mass is 10.2. The van der Waals surface area contributed by atoms with Crippen LogP contribution < -0.4 is 20.3 Å². The highest BCUT2D eigenvalue weighted by molar-refractivity contribution is 7.16. The second-order valence-electron chi connectivity index (χ2n) is 8.25. The standard InChI is InChI=1S/C28H29N3O6S/c1-4-7-16-37-21-12-8-18(9-13-21)25(32)29-26-23-22(17-38-26)24(28(34)36-6-3)30-31(27(23)33)19-10-14-20(15-11-19)35-5-2/h8-15,17H,4-7,16H2,1-3H3,(H,29,32). The van der Waals surface area contributed by atoms with Gasteiger partial charge in [0.25, 0.3) is 11.5 Å². The Morgan fingerprint density at radius 1 is 0.947 bits per heavy atom. The van der Waals surface area contributed by atoms with Crippen LogP contribution in [0.4, 0.5) is 5.00 Å². The van der Waals surface area contributed by atoms with Gasteiger partial charge in [-0.05, 0) is 68.8 Å². The molecule has 0 spiro atoms. The number of carbonyl (C=O) groups excluding carboxylic acids is 2. The lowest BCUT2D eigenvalue weighted by molar-refractivity contribution is 0.0520. The Kier molecular flexibility index (Phi) is 8.75. The summed E-state index contributed by atoms with van der Waals surface area (Å²) in [6.07, 6.45) is 1.98. The van der Waals surface area contributed by atoms with Crippen LogP contribution in [0.3, 0.4) is 0 Å². The Labute approximate surface area is 224 Å². The Balaban J connectivity index is 1.71. The molecule has 4 aromatic rings. The summed E-state index contributed by atoms with van der Waals surface area (Å²) in [5, 5.41) is 9.57. The second kappa shape index (κ2) is 12.4. The van der Waals surface area contributed by atoms with E-state index in [4.69, 9.17) is 14.2 Å². The van der Waals surface area contributed by atoms with Gasteiger partial charge in [0.05, 0.1) is 30.9 Å². The van der Waals surface area contributed by atoms with Gasteiger partial charge in [0.15, 0.2) is 5.69 Å². The fraction of sp³-hybridized carbons (Fsp3) is 0.286. The highest BCUT2D eigenvalue weighted by Crippen LogP contribution is 2.31. The lowest BCUT2D eigenvalue weighted by Gasteiger charge is -2.11. The van der Waals surface area contributed by atoms with E-state index in [1.165, 1.54) is 0 Å². The van der Waals surface area contributed by atoms with Crippen molar-refractivity contribution in [3.8, 4) is 17.2 Å². The first-order valence-electron chi connectivity index (χ1n) is 12.5. The Hall–Kier alpha value is -4.18. The van der Waals surface area contributed by atoms with Crippen molar-refractivity contribution >= 4 is 39.0 Å². The van der Waals surface area contributed by atoms with E-state index in [9.17, 15) is 14.4 Å². The van der Waals surface area contributed by atoms with Crippen molar-refractivity contribution in [1.29, 1.82) is 0 Å². The minimum absolute atomic E-state index is 0.0133. The largest absolute Gasteiger partial charge is 0.494 e. The molecule has 2 aromatic heterocycles. The number of amides is 1. The number of rotatable bonds is 11. The van der Waals surface area contributed by atoms with Crippen molar-refractivity contribution in [3.05, 3.63) is 75.5 Å². The molecule has 10 heteroatoms. The molecule has 0 aliphatic heterocycles. The molecule has 1 amide bonds. The number of hydrogen-bond acceptors (Lipinski definition) is 8. The number of ether oxygens (including phenoxy) is 3. The van der Waals surface area contributed by atoms with Gasteiger partial charge >= 0.3 is 5.97 Å². The number of thiophene rings is 1. The quantitative estimate of drug-likeness (QED) is 0.201. The number of carbonyl (C=O) groups is 2. The third-order valence-corrected chi connectivity index (χ3v) is 6.52. The van der Waals surface area contributed by atoms with Crippen LogP contribution in [0, 0.1) is 0 Å². The zero-order valence-corrected chi connectivity index (χ0v) is 22.3. The van der Waals surface area contributed by atoms with E-state index in [-0.39, 0.29) is 17.7 Å². The molecule has 0 aliphatic carbocycles. The van der Waals surface area contributed by atoms with E-state index in [0.29, 0.717) is 46.4 Å². The third kappa shape index (κ3) is 5.86. The molecule has 4 rings (SSSR count). The van der Waals surface area contributed by atoms with Crippen LogP contribution in [0.15, 0.2) is 58.7 Å². The first-order valence-corrected chi connectivity index (χ1v) is 13.3. The molecule has 9 nitrogen and oxygen atoms in total. The molecule has 2 aromatic carbocycles. The van der Waals surface area contributed by atoms with E-state index in [1.807, 2.05) is 6.92 Å². The van der Waals surface area contributed by atoms with Crippen LogP contribution in [-0.4, -0.2) is 41.5 Å². The van der Waals surface area contributed by atoms with Gasteiger partial charge in [-0.3, -0.25) is 9.59 Å². The number of esters is 1. The fourth-order valence-electron chi connectivity index (χ4n) is 3.73. The maximum atomic E-state index is 13.6. The summed E-state index contributed by atoms with van der Waals surface area (Å²) < 4.78 is 17.5. The molecule has 2 heterocycles. The Morgan fingerprint density at radius 3 is 2.29 bits per heavy atom. The van der Waals surface area contributed by atoms with Crippen molar-refractivity contribution in [2.45, 2.75) is 33.6 Å². The van der Waals surface area contributed by atoms with Gasteiger partial charge in [-0.2, -0.15) is 9.78 Å². The van der Waals surface area contributed by atoms with Crippen LogP contribution in [0.5, 0.6) is 11.5 Å². The van der Waals surface area contributed by atoms with Crippen LogP contribution in [0.1, 0.15) is 54.5 Å². The lowest BCUT2D eigenvalue weighted by Crippen LogP contribution is -2.25. The molecule has 0 saturated carbocycles.